The van der Waals surface area contributed by atoms with Crippen molar-refractivity contribution in [1.82, 2.24) is 0 Å². The summed E-state index contributed by atoms with van der Waals surface area (Å²) in [4.78, 5) is 0. The molecule has 0 saturated heterocycles. The van der Waals surface area contributed by atoms with Crippen molar-refractivity contribution in [1.29, 1.82) is 0 Å². The van der Waals surface area contributed by atoms with Gasteiger partial charge in [0.25, 0.3) is 0 Å². The zero-order valence-electron chi connectivity index (χ0n) is 30.7. The first kappa shape index (κ1) is 48.8. The van der Waals surface area contributed by atoms with Crippen LogP contribution < -0.4 is 0 Å². The van der Waals surface area contributed by atoms with Crippen LogP contribution in [0.5, 0.6) is 0 Å². The quantitative estimate of drug-likeness (QED) is 0.0575. The first-order valence-electron chi connectivity index (χ1n) is 17.1. The summed E-state index contributed by atoms with van der Waals surface area (Å²) in [6.07, 6.45) is 19.0. The van der Waals surface area contributed by atoms with E-state index in [4.69, 9.17) is 33.2 Å². The third-order valence-electron chi connectivity index (χ3n) is 7.09. The first-order chi connectivity index (χ1) is 23.1. The van der Waals surface area contributed by atoms with E-state index in [9.17, 15) is 0 Å². The molecule has 0 aliphatic rings. The Bertz CT molecular complexity index is 505. The number of hydrogen-bond donors (Lipinski definition) is 0. The summed E-state index contributed by atoms with van der Waals surface area (Å²) in [5.41, 5.74) is -0.803. The van der Waals surface area contributed by atoms with Crippen molar-refractivity contribution in [3.05, 3.63) is 0 Å². The number of ether oxygens (including phenoxy) is 7. The second-order valence-corrected chi connectivity index (χ2v) is 17.8. The van der Waals surface area contributed by atoms with E-state index in [2.05, 4.69) is 37.5 Å². The lowest BCUT2D eigenvalue weighted by Gasteiger charge is -2.37. The minimum absolute atomic E-state index is 0.401. The molecule has 13 heteroatoms. The van der Waals surface area contributed by atoms with Crippen molar-refractivity contribution in [2.45, 2.75) is 38.5 Å². The lowest BCUT2D eigenvalue weighted by atomic mass is 9.90. The van der Waals surface area contributed by atoms with Gasteiger partial charge in [-0.25, -0.2) is 0 Å². The largest absolute Gasteiger partial charge is 0.381 e. The molecule has 284 valence electrons. The van der Waals surface area contributed by atoms with Crippen LogP contribution in [0, 0.1) is 10.8 Å². The van der Waals surface area contributed by atoms with E-state index in [1.165, 1.54) is 0 Å². The molecule has 0 N–H and O–H groups in total. The summed E-state index contributed by atoms with van der Waals surface area (Å²) in [6, 6.07) is 0. The van der Waals surface area contributed by atoms with Gasteiger partial charge in [-0.3, -0.25) is 0 Å². The minimum atomic E-state index is -0.401. The monoisotopic (exact) mass is 782 g/mol. The number of rotatable bonds is 40. The molecule has 0 spiro atoms. The van der Waals surface area contributed by atoms with E-state index in [-0.39, 0.29) is 0 Å². The molecule has 0 aliphatic carbocycles. The molecular formula is C34H70O7S6. The molecule has 0 atom stereocenters. The topological polar surface area (TPSA) is 64.6 Å². The van der Waals surface area contributed by atoms with Crippen LogP contribution in [0.25, 0.3) is 0 Å². The second-order valence-electron chi connectivity index (χ2n) is 11.9. The average molecular weight is 783 g/mol. The summed E-state index contributed by atoms with van der Waals surface area (Å²) in [7, 11) is 0. The second kappa shape index (κ2) is 37.6. The van der Waals surface area contributed by atoms with Gasteiger partial charge in [0.15, 0.2) is 0 Å². The molecular weight excluding hydrogens is 713 g/mol. The van der Waals surface area contributed by atoms with Crippen LogP contribution >= 0.6 is 70.6 Å². The van der Waals surface area contributed by atoms with Gasteiger partial charge in [-0.15, -0.1) is 0 Å². The molecule has 7 nitrogen and oxygen atoms in total. The highest BCUT2D eigenvalue weighted by Crippen LogP contribution is 2.26. The van der Waals surface area contributed by atoms with Crippen molar-refractivity contribution >= 4 is 70.6 Å². The van der Waals surface area contributed by atoms with Gasteiger partial charge in [-0.1, -0.05) is 0 Å². The third-order valence-corrected chi connectivity index (χ3v) is 11.3. The lowest BCUT2D eigenvalue weighted by Crippen LogP contribution is -2.46. The standard InChI is InChI=1S/C34H70O7S6/c1-42-19-7-13-35-25-33(26-36-14-8-20-43-2,27-37-15-9-21-44-3)31-41-32-34(28-38-16-10-22-45-4,29-39-17-11-23-46-5)30-40-18-12-24-47-6/h7-32H2,1-6H3. The Morgan fingerprint density at radius 3 is 0.617 bits per heavy atom. The highest BCUT2D eigenvalue weighted by Gasteiger charge is 2.37. The smallest absolute Gasteiger partial charge is 0.0637 e. The van der Waals surface area contributed by atoms with Crippen molar-refractivity contribution in [3.63, 3.8) is 0 Å². The molecule has 0 fully saturated rings. The van der Waals surface area contributed by atoms with Crippen molar-refractivity contribution in [2.24, 2.45) is 10.8 Å². The maximum atomic E-state index is 6.73. The SMILES string of the molecule is CSCCCOCC(COCCCSC)(COCCCSC)COCC(COCCCSC)(COCCCSC)COCCCSC. The van der Waals surface area contributed by atoms with Gasteiger partial charge in [0.05, 0.1) is 63.7 Å². The highest BCUT2D eigenvalue weighted by molar-refractivity contribution is 7.99. The predicted molar refractivity (Wildman–Crippen MR) is 219 cm³/mol. The fourth-order valence-corrected chi connectivity index (χ4v) is 6.99. The predicted octanol–water partition coefficient (Wildman–Crippen LogP) is 7.59. The van der Waals surface area contributed by atoms with Crippen LogP contribution in [0.2, 0.25) is 0 Å². The number of hydrogen-bond acceptors (Lipinski definition) is 13. The third kappa shape index (κ3) is 30.0. The molecule has 0 aromatic heterocycles. The van der Waals surface area contributed by atoms with Gasteiger partial charge in [0.1, 0.15) is 0 Å². The van der Waals surface area contributed by atoms with E-state index < -0.39 is 10.8 Å². The van der Waals surface area contributed by atoms with Gasteiger partial charge < -0.3 is 33.2 Å². The summed E-state index contributed by atoms with van der Waals surface area (Å²) in [6.45, 7) is 8.57. The normalized spacial score (nSPS) is 12.4. The molecule has 47 heavy (non-hydrogen) atoms. The summed E-state index contributed by atoms with van der Waals surface area (Å²) in [5.74, 6) is 6.54. The molecule has 0 aliphatic heterocycles. The fraction of sp³-hybridized carbons (Fsp3) is 1.00. The Balaban J connectivity index is 5.87. The fourth-order valence-electron chi connectivity index (χ4n) is 4.55. The number of thioether (sulfide) groups is 6. The van der Waals surface area contributed by atoms with Gasteiger partial charge in [0.2, 0.25) is 0 Å². The summed E-state index contributed by atoms with van der Waals surface area (Å²) < 4.78 is 44.6. The highest BCUT2D eigenvalue weighted by atomic mass is 32.2. The Morgan fingerprint density at radius 1 is 0.277 bits per heavy atom. The maximum absolute atomic E-state index is 6.73. The van der Waals surface area contributed by atoms with E-state index >= 15 is 0 Å². The van der Waals surface area contributed by atoms with Crippen LogP contribution in [0.4, 0.5) is 0 Å². The summed E-state index contributed by atoms with van der Waals surface area (Å²) in [5, 5.41) is 0. The molecule has 0 amide bonds. The zero-order valence-corrected chi connectivity index (χ0v) is 35.6. The molecule has 0 bridgehead atoms. The van der Waals surface area contributed by atoms with Crippen molar-refractivity contribution in [3.8, 4) is 0 Å². The first-order valence-corrected chi connectivity index (χ1v) is 25.4. The molecule has 0 aromatic rings. The molecule has 0 radical (unpaired) electrons. The minimum Gasteiger partial charge on any atom is -0.381 e. The van der Waals surface area contributed by atoms with Crippen LogP contribution in [-0.4, -0.2) is 165 Å². The van der Waals surface area contributed by atoms with Crippen LogP contribution in [0.1, 0.15) is 38.5 Å². The maximum Gasteiger partial charge on any atom is 0.0637 e. The average Bonchev–Trinajstić information content (AvgIpc) is 3.07. The molecule has 0 saturated carbocycles. The Kier molecular flexibility index (Phi) is 39.0. The Morgan fingerprint density at radius 2 is 0.447 bits per heavy atom. The van der Waals surface area contributed by atoms with E-state index in [1.54, 1.807) is 0 Å². The van der Waals surface area contributed by atoms with E-state index in [1.807, 2.05) is 70.6 Å². The summed E-state index contributed by atoms with van der Waals surface area (Å²) >= 11 is 11.1. The van der Waals surface area contributed by atoms with Crippen LogP contribution in [0.15, 0.2) is 0 Å². The Hall–Kier alpha value is 1.82. The van der Waals surface area contributed by atoms with Gasteiger partial charge in [-0.2, -0.15) is 70.6 Å². The molecule has 0 aromatic carbocycles. The van der Waals surface area contributed by atoms with Crippen molar-refractivity contribution < 1.29 is 33.2 Å². The van der Waals surface area contributed by atoms with Crippen molar-refractivity contribution in [2.75, 3.05) is 165 Å². The van der Waals surface area contributed by atoms with E-state index in [0.29, 0.717) is 52.9 Å². The van der Waals surface area contributed by atoms with Gasteiger partial charge in [0, 0.05) is 39.6 Å². The van der Waals surface area contributed by atoms with Gasteiger partial charge in [-0.05, 0) is 111 Å². The van der Waals surface area contributed by atoms with Crippen LogP contribution in [0.3, 0.4) is 0 Å². The zero-order chi connectivity index (χ0) is 34.6. The molecule has 0 heterocycles. The Labute approximate surface area is 315 Å². The van der Waals surface area contributed by atoms with E-state index in [0.717, 1.165) is 113 Å². The molecule has 0 unspecified atom stereocenters. The lowest BCUT2D eigenvalue weighted by molar-refractivity contribution is -0.142. The van der Waals surface area contributed by atoms with Crippen LogP contribution in [-0.2, 0) is 33.2 Å². The molecule has 0 rings (SSSR count). The van der Waals surface area contributed by atoms with Gasteiger partial charge >= 0.3 is 0 Å².